The van der Waals surface area contributed by atoms with Gasteiger partial charge in [-0.05, 0) is 6.07 Å². The molecule has 0 aliphatic carbocycles. The fraction of sp³-hybridized carbons (Fsp3) is 0. The van der Waals surface area contributed by atoms with E-state index in [1.165, 1.54) is 6.20 Å². The van der Waals surface area contributed by atoms with Crippen LogP contribution in [0, 0.1) is 11.0 Å². The molecule has 12 heavy (non-hydrogen) atoms. The summed E-state index contributed by atoms with van der Waals surface area (Å²) < 4.78 is 13.5. The van der Waals surface area contributed by atoms with Crippen molar-refractivity contribution in [2.75, 3.05) is 0 Å². The summed E-state index contributed by atoms with van der Waals surface area (Å²) in [4.78, 5) is 0. The standard InChI is InChI=1S/C9H6FNO/c10-9-6-11(12)5-7-3-1-2-4-8(7)9/h1-6H. The smallest absolute Gasteiger partial charge is 0.216 e. The predicted molar refractivity (Wildman–Crippen MR) is 42.9 cm³/mol. The van der Waals surface area contributed by atoms with Gasteiger partial charge in [0.25, 0.3) is 0 Å². The molecule has 3 heteroatoms. The van der Waals surface area contributed by atoms with Crippen molar-refractivity contribution in [3.63, 3.8) is 0 Å². The summed E-state index contributed by atoms with van der Waals surface area (Å²) in [5.74, 6) is -0.483. The first-order valence-corrected chi connectivity index (χ1v) is 3.54. The largest absolute Gasteiger partial charge is 0.619 e. The first-order valence-electron chi connectivity index (χ1n) is 3.54. The van der Waals surface area contributed by atoms with Gasteiger partial charge in [0.15, 0.2) is 12.0 Å². The third-order valence-electron chi connectivity index (χ3n) is 1.73. The van der Waals surface area contributed by atoms with Gasteiger partial charge in [-0.3, -0.25) is 0 Å². The summed E-state index contributed by atoms with van der Waals surface area (Å²) >= 11 is 0. The van der Waals surface area contributed by atoms with Crippen LogP contribution in [0.25, 0.3) is 10.8 Å². The van der Waals surface area contributed by atoms with Crippen molar-refractivity contribution < 1.29 is 9.12 Å². The van der Waals surface area contributed by atoms with E-state index in [0.29, 0.717) is 15.5 Å². The maximum Gasteiger partial charge on any atom is 0.216 e. The molecule has 0 radical (unpaired) electrons. The highest BCUT2D eigenvalue weighted by atomic mass is 19.1. The molecule has 0 aliphatic heterocycles. The SMILES string of the molecule is [O-][n+]1cc(F)c2ccccc2c1. The van der Waals surface area contributed by atoms with E-state index in [4.69, 9.17) is 0 Å². The summed E-state index contributed by atoms with van der Waals surface area (Å²) in [6.07, 6.45) is 2.26. The van der Waals surface area contributed by atoms with Crippen LogP contribution in [0.5, 0.6) is 0 Å². The van der Waals surface area contributed by atoms with Crippen LogP contribution in [-0.4, -0.2) is 0 Å². The van der Waals surface area contributed by atoms with Gasteiger partial charge < -0.3 is 5.21 Å². The Morgan fingerprint density at radius 1 is 1.17 bits per heavy atom. The minimum absolute atomic E-state index is 0.470. The molecule has 0 N–H and O–H groups in total. The minimum atomic E-state index is -0.483. The van der Waals surface area contributed by atoms with Crippen molar-refractivity contribution in [2.24, 2.45) is 0 Å². The van der Waals surface area contributed by atoms with E-state index in [0.717, 1.165) is 6.20 Å². The molecule has 0 aliphatic rings. The van der Waals surface area contributed by atoms with Crippen LogP contribution in [0.2, 0.25) is 0 Å². The van der Waals surface area contributed by atoms with Crippen LogP contribution in [0.4, 0.5) is 4.39 Å². The Morgan fingerprint density at radius 3 is 2.75 bits per heavy atom. The maximum absolute atomic E-state index is 13.0. The Morgan fingerprint density at radius 2 is 1.92 bits per heavy atom. The zero-order valence-electron chi connectivity index (χ0n) is 6.20. The first-order chi connectivity index (χ1) is 5.77. The summed E-state index contributed by atoms with van der Waals surface area (Å²) in [5, 5.41) is 11.9. The van der Waals surface area contributed by atoms with Crippen molar-refractivity contribution in [3.05, 3.63) is 47.7 Å². The molecule has 0 amide bonds. The maximum atomic E-state index is 13.0. The third-order valence-corrected chi connectivity index (χ3v) is 1.73. The lowest BCUT2D eigenvalue weighted by Crippen LogP contribution is -2.25. The van der Waals surface area contributed by atoms with E-state index in [1.54, 1.807) is 24.3 Å². The molecule has 1 aromatic carbocycles. The van der Waals surface area contributed by atoms with Crippen LogP contribution in [0.3, 0.4) is 0 Å². The highest BCUT2D eigenvalue weighted by Crippen LogP contribution is 2.13. The fourth-order valence-electron chi connectivity index (χ4n) is 1.18. The molecule has 0 atom stereocenters. The van der Waals surface area contributed by atoms with Gasteiger partial charge in [-0.2, -0.15) is 9.12 Å². The number of nitrogens with zero attached hydrogens (tertiary/aromatic N) is 1. The molecule has 60 valence electrons. The van der Waals surface area contributed by atoms with Crippen molar-refractivity contribution >= 4 is 10.8 Å². The van der Waals surface area contributed by atoms with E-state index in [2.05, 4.69) is 0 Å². The van der Waals surface area contributed by atoms with Gasteiger partial charge >= 0.3 is 0 Å². The lowest BCUT2D eigenvalue weighted by molar-refractivity contribution is -0.605. The average Bonchev–Trinajstić information content (AvgIpc) is 2.04. The molecule has 0 saturated heterocycles. The Hall–Kier alpha value is -1.64. The molecular formula is C9H6FNO. The highest BCUT2D eigenvalue weighted by Gasteiger charge is 2.03. The number of hydrogen-bond acceptors (Lipinski definition) is 1. The van der Waals surface area contributed by atoms with E-state index in [9.17, 15) is 9.60 Å². The first kappa shape index (κ1) is 7.03. The fourth-order valence-corrected chi connectivity index (χ4v) is 1.18. The molecule has 2 rings (SSSR count). The monoisotopic (exact) mass is 163 g/mol. The molecule has 0 bridgehead atoms. The minimum Gasteiger partial charge on any atom is -0.619 e. The predicted octanol–water partition coefficient (Wildman–Crippen LogP) is 1.61. The topological polar surface area (TPSA) is 26.9 Å². The summed E-state index contributed by atoms with van der Waals surface area (Å²) in [7, 11) is 0. The number of rotatable bonds is 0. The molecule has 1 aromatic heterocycles. The van der Waals surface area contributed by atoms with Gasteiger partial charge in [0.2, 0.25) is 6.20 Å². The second kappa shape index (κ2) is 2.44. The number of aromatic nitrogens is 1. The van der Waals surface area contributed by atoms with Gasteiger partial charge in [-0.25, -0.2) is 0 Å². The van der Waals surface area contributed by atoms with Gasteiger partial charge in [-0.1, -0.05) is 18.2 Å². The molecule has 2 nitrogen and oxygen atoms in total. The summed E-state index contributed by atoms with van der Waals surface area (Å²) in [5.41, 5.74) is 0. The highest BCUT2D eigenvalue weighted by molar-refractivity contribution is 5.81. The number of hydrogen-bond donors (Lipinski definition) is 0. The van der Waals surface area contributed by atoms with E-state index < -0.39 is 5.82 Å². The molecule has 2 aromatic rings. The zero-order chi connectivity index (χ0) is 8.55. The van der Waals surface area contributed by atoms with Gasteiger partial charge in [-0.15, -0.1) is 0 Å². The summed E-state index contributed by atoms with van der Waals surface area (Å²) in [6.45, 7) is 0. The van der Waals surface area contributed by atoms with Crippen molar-refractivity contribution in [2.45, 2.75) is 0 Å². The molecule has 1 heterocycles. The molecule has 0 spiro atoms. The second-order valence-electron chi connectivity index (χ2n) is 2.55. The van der Waals surface area contributed by atoms with Crippen LogP contribution in [-0.2, 0) is 0 Å². The third kappa shape index (κ3) is 0.993. The van der Waals surface area contributed by atoms with Crippen LogP contribution < -0.4 is 4.73 Å². The zero-order valence-corrected chi connectivity index (χ0v) is 6.20. The van der Waals surface area contributed by atoms with E-state index in [-0.39, 0.29) is 0 Å². The van der Waals surface area contributed by atoms with Crippen molar-refractivity contribution in [3.8, 4) is 0 Å². The Labute approximate surface area is 68.5 Å². The second-order valence-corrected chi connectivity index (χ2v) is 2.55. The van der Waals surface area contributed by atoms with Gasteiger partial charge in [0.1, 0.15) is 0 Å². The Balaban J connectivity index is 2.89. The lowest BCUT2D eigenvalue weighted by atomic mass is 10.2. The molecule has 0 saturated carbocycles. The number of pyridine rings is 1. The molecule has 0 unspecified atom stereocenters. The average molecular weight is 163 g/mol. The Bertz CT molecular complexity index is 428. The van der Waals surface area contributed by atoms with Gasteiger partial charge in [0.05, 0.1) is 0 Å². The van der Waals surface area contributed by atoms with Gasteiger partial charge in [0, 0.05) is 10.8 Å². The number of halogens is 1. The van der Waals surface area contributed by atoms with Crippen LogP contribution >= 0.6 is 0 Å². The van der Waals surface area contributed by atoms with Crippen molar-refractivity contribution in [1.29, 1.82) is 0 Å². The van der Waals surface area contributed by atoms with Crippen molar-refractivity contribution in [1.82, 2.24) is 0 Å². The van der Waals surface area contributed by atoms with Crippen LogP contribution in [0.1, 0.15) is 0 Å². The number of fused-ring (bicyclic) bond motifs is 1. The quantitative estimate of drug-likeness (QED) is 0.428. The Kier molecular flexibility index (Phi) is 1.43. The molecular weight excluding hydrogens is 157 g/mol. The lowest BCUT2D eigenvalue weighted by Gasteiger charge is -1.99. The van der Waals surface area contributed by atoms with E-state index >= 15 is 0 Å². The van der Waals surface area contributed by atoms with E-state index in [1.807, 2.05) is 0 Å². The molecule has 0 fully saturated rings. The summed E-state index contributed by atoms with van der Waals surface area (Å²) in [6, 6.07) is 6.85. The van der Waals surface area contributed by atoms with Crippen LogP contribution in [0.15, 0.2) is 36.7 Å². The number of benzene rings is 1. The normalized spacial score (nSPS) is 10.4.